The monoisotopic (exact) mass is 221 g/mol. The van der Waals surface area contributed by atoms with Crippen LogP contribution in [0.5, 0.6) is 0 Å². The minimum Gasteiger partial charge on any atom is -0.311 e. The van der Waals surface area contributed by atoms with Gasteiger partial charge in [0.25, 0.3) is 0 Å². The Labute approximate surface area is 85.7 Å². The molecule has 0 aromatic heterocycles. The lowest BCUT2D eigenvalue weighted by molar-refractivity contribution is 0.243. The van der Waals surface area contributed by atoms with E-state index in [0.29, 0.717) is 12.1 Å². The first kappa shape index (κ1) is 10.4. The molecule has 1 rings (SSSR count). The molecule has 0 bridgehead atoms. The number of halogens is 2. The van der Waals surface area contributed by atoms with Crippen LogP contribution in [0.15, 0.2) is 23.9 Å². The third kappa shape index (κ3) is 3.26. The van der Waals surface area contributed by atoms with E-state index in [4.69, 9.17) is 29.0 Å². The minimum absolute atomic E-state index is 0.347. The number of nitrogens with two attached hydrogens (primary N) is 1. The molecule has 0 spiro atoms. The van der Waals surface area contributed by atoms with Crippen molar-refractivity contribution in [2.45, 2.75) is 10.8 Å². The number of hydrazine groups is 1. The normalized spacial score (nSPS) is 19.2. The molecule has 0 fully saturated rings. The number of amides is 2. The highest BCUT2D eigenvalue weighted by atomic mass is 35.5. The maximum Gasteiger partial charge on any atom is 0.333 e. The summed E-state index contributed by atoms with van der Waals surface area (Å²) in [6, 6.07) is -0.495. The number of alkyl halides is 2. The molecule has 0 unspecified atom stereocenters. The second-order valence-corrected chi connectivity index (χ2v) is 4.13. The molecular formula is C7H9Cl2N3O. The van der Waals surface area contributed by atoms with Crippen molar-refractivity contribution in [3.8, 4) is 0 Å². The first-order chi connectivity index (χ1) is 6.03. The molecule has 0 heterocycles. The highest BCUT2D eigenvalue weighted by Crippen LogP contribution is 2.32. The van der Waals surface area contributed by atoms with E-state index in [9.17, 15) is 4.79 Å². The fourth-order valence-electron chi connectivity index (χ4n) is 0.945. The zero-order chi connectivity index (χ0) is 9.90. The second-order valence-electron chi connectivity index (χ2n) is 2.59. The van der Waals surface area contributed by atoms with Crippen LogP contribution in [0.25, 0.3) is 0 Å². The quantitative estimate of drug-likeness (QED) is 0.270. The molecule has 1 aliphatic carbocycles. The van der Waals surface area contributed by atoms with Crippen molar-refractivity contribution >= 4 is 29.2 Å². The summed E-state index contributed by atoms with van der Waals surface area (Å²) < 4.78 is -0.952. The Hall–Kier alpha value is -0.710. The molecule has 0 radical (unpaired) electrons. The van der Waals surface area contributed by atoms with E-state index in [1.54, 1.807) is 18.2 Å². The van der Waals surface area contributed by atoms with E-state index < -0.39 is 10.4 Å². The Morgan fingerprint density at radius 1 is 1.62 bits per heavy atom. The average molecular weight is 222 g/mol. The molecule has 0 aliphatic heterocycles. The summed E-state index contributed by atoms with van der Waals surface area (Å²) in [5.41, 5.74) is 2.56. The fourth-order valence-corrected chi connectivity index (χ4v) is 1.38. The van der Waals surface area contributed by atoms with Crippen LogP contribution in [0.4, 0.5) is 4.79 Å². The van der Waals surface area contributed by atoms with Gasteiger partial charge in [0.05, 0.1) is 0 Å². The number of allylic oxidation sites excluding steroid dienone is 4. The predicted molar refractivity (Wildman–Crippen MR) is 52.1 cm³/mol. The number of rotatable bonds is 1. The first-order valence-corrected chi connectivity index (χ1v) is 4.33. The van der Waals surface area contributed by atoms with Crippen molar-refractivity contribution in [2.75, 3.05) is 0 Å². The van der Waals surface area contributed by atoms with Gasteiger partial charge in [-0.15, -0.1) is 0 Å². The van der Waals surface area contributed by atoms with Gasteiger partial charge in [0.2, 0.25) is 0 Å². The summed E-state index contributed by atoms with van der Waals surface area (Å²) in [4.78, 5) is 10.8. The summed E-state index contributed by atoms with van der Waals surface area (Å²) in [5, 5.41) is 2.49. The van der Waals surface area contributed by atoms with Crippen molar-refractivity contribution in [2.24, 2.45) is 5.84 Å². The van der Waals surface area contributed by atoms with Gasteiger partial charge < -0.3 is 5.32 Å². The van der Waals surface area contributed by atoms with E-state index in [2.05, 4.69) is 5.32 Å². The van der Waals surface area contributed by atoms with E-state index in [-0.39, 0.29) is 0 Å². The minimum atomic E-state index is -0.952. The van der Waals surface area contributed by atoms with Crippen molar-refractivity contribution in [1.82, 2.24) is 10.7 Å². The predicted octanol–water partition coefficient (Wildman–Crippen LogP) is 1.18. The molecule has 0 saturated heterocycles. The number of carbonyl (C=O) groups excluding carboxylic acids is 1. The number of carbonyl (C=O) groups is 1. The van der Waals surface area contributed by atoms with Crippen LogP contribution in [0.1, 0.15) is 6.42 Å². The highest BCUT2D eigenvalue weighted by Gasteiger charge is 2.24. The van der Waals surface area contributed by atoms with Crippen molar-refractivity contribution in [3.63, 3.8) is 0 Å². The molecule has 0 saturated carbocycles. The van der Waals surface area contributed by atoms with E-state index >= 15 is 0 Å². The van der Waals surface area contributed by atoms with Gasteiger partial charge in [-0.2, -0.15) is 0 Å². The van der Waals surface area contributed by atoms with Crippen LogP contribution in [0, 0.1) is 0 Å². The number of hydrogen-bond acceptors (Lipinski definition) is 2. The van der Waals surface area contributed by atoms with Gasteiger partial charge in [-0.3, -0.25) is 5.43 Å². The zero-order valence-corrected chi connectivity index (χ0v) is 8.19. The molecule has 13 heavy (non-hydrogen) atoms. The lowest BCUT2D eigenvalue weighted by Gasteiger charge is -2.20. The lowest BCUT2D eigenvalue weighted by atomic mass is 10.1. The summed E-state index contributed by atoms with van der Waals surface area (Å²) in [5.74, 6) is 4.88. The number of urea groups is 1. The van der Waals surface area contributed by atoms with Crippen LogP contribution >= 0.6 is 23.2 Å². The number of hydrogen-bond donors (Lipinski definition) is 3. The Bertz CT molecular complexity index is 273. The summed E-state index contributed by atoms with van der Waals surface area (Å²) in [7, 11) is 0. The largest absolute Gasteiger partial charge is 0.333 e. The Kier molecular flexibility index (Phi) is 3.19. The second kappa shape index (κ2) is 4.00. The van der Waals surface area contributed by atoms with Gasteiger partial charge in [-0.05, 0) is 12.2 Å². The van der Waals surface area contributed by atoms with Gasteiger partial charge in [0, 0.05) is 12.1 Å². The Morgan fingerprint density at radius 3 is 2.85 bits per heavy atom. The molecule has 0 aromatic carbocycles. The van der Waals surface area contributed by atoms with Gasteiger partial charge in [-0.25, -0.2) is 10.6 Å². The first-order valence-electron chi connectivity index (χ1n) is 3.57. The van der Waals surface area contributed by atoms with E-state index in [1.807, 2.05) is 5.43 Å². The van der Waals surface area contributed by atoms with Crippen LogP contribution < -0.4 is 16.6 Å². The third-order valence-corrected chi connectivity index (χ3v) is 1.99. The molecule has 1 aliphatic rings. The van der Waals surface area contributed by atoms with Gasteiger partial charge in [-0.1, -0.05) is 29.3 Å². The van der Waals surface area contributed by atoms with Gasteiger partial charge in [0.1, 0.15) is 4.33 Å². The smallest absolute Gasteiger partial charge is 0.311 e. The Morgan fingerprint density at radius 2 is 2.31 bits per heavy atom. The molecular weight excluding hydrogens is 213 g/mol. The zero-order valence-electron chi connectivity index (χ0n) is 6.68. The SMILES string of the molecule is NNC(=O)NC1=CC=CC(Cl)(Cl)C1. The molecule has 6 heteroatoms. The molecule has 4 nitrogen and oxygen atoms in total. The third-order valence-electron chi connectivity index (χ3n) is 1.47. The average Bonchev–Trinajstić information content (AvgIpc) is 2.02. The number of nitrogens with one attached hydrogen (secondary N) is 2. The summed E-state index contributed by atoms with van der Waals surface area (Å²) in [6.45, 7) is 0. The summed E-state index contributed by atoms with van der Waals surface area (Å²) >= 11 is 11.7. The molecule has 0 atom stereocenters. The van der Waals surface area contributed by atoms with E-state index in [1.165, 1.54) is 0 Å². The van der Waals surface area contributed by atoms with Crippen molar-refractivity contribution < 1.29 is 4.79 Å². The van der Waals surface area contributed by atoms with Gasteiger partial charge in [0.15, 0.2) is 0 Å². The van der Waals surface area contributed by atoms with Crippen LogP contribution in [0.3, 0.4) is 0 Å². The maximum absolute atomic E-state index is 10.8. The maximum atomic E-state index is 10.8. The van der Waals surface area contributed by atoms with Gasteiger partial charge >= 0.3 is 6.03 Å². The topological polar surface area (TPSA) is 67.1 Å². The summed E-state index contributed by atoms with van der Waals surface area (Å²) in [6.07, 6.45) is 5.37. The molecule has 2 amide bonds. The van der Waals surface area contributed by atoms with Crippen molar-refractivity contribution in [1.29, 1.82) is 0 Å². The van der Waals surface area contributed by atoms with Crippen molar-refractivity contribution in [3.05, 3.63) is 23.9 Å². The Balaban J connectivity index is 2.58. The van der Waals surface area contributed by atoms with E-state index in [0.717, 1.165) is 0 Å². The molecule has 4 N–H and O–H groups in total. The van der Waals surface area contributed by atoms with Crippen LogP contribution in [-0.4, -0.2) is 10.4 Å². The fraction of sp³-hybridized carbons (Fsp3) is 0.286. The molecule has 72 valence electrons. The van der Waals surface area contributed by atoms with Crippen LogP contribution in [0.2, 0.25) is 0 Å². The standard InChI is InChI=1S/C7H9Cl2N3O/c8-7(9)3-1-2-5(4-7)11-6(13)12-10/h1-3H,4,10H2,(H2,11,12,13). The molecule has 0 aromatic rings. The van der Waals surface area contributed by atoms with Crippen LogP contribution in [-0.2, 0) is 0 Å². The lowest BCUT2D eigenvalue weighted by Crippen LogP contribution is -2.40. The highest BCUT2D eigenvalue weighted by molar-refractivity contribution is 6.50.